The standard InChI is InChI=1S/C22H35NO4Si2/c1-28(2,3)21(24)15-11-17-22(25,29(4,5)6)16-10-14-20(18-23(26)27)19-12-8-7-9-13-19/h7-13,15-16,20,25H,14,17-18H2,1-6H3/b15-11+,16-10+. The van der Waals surface area contributed by atoms with E-state index in [4.69, 9.17) is 0 Å². The second kappa shape index (κ2) is 10.3. The molecule has 2 atom stereocenters. The van der Waals surface area contributed by atoms with E-state index in [1.807, 2.05) is 56.0 Å². The number of allylic oxidation sites excluding steroid dienone is 2. The summed E-state index contributed by atoms with van der Waals surface area (Å²) < 4.78 is 0. The highest BCUT2D eigenvalue weighted by Gasteiger charge is 2.38. The number of carbonyl (C=O) groups is 1. The number of hydrogen-bond acceptors (Lipinski definition) is 4. The van der Waals surface area contributed by atoms with Crippen molar-refractivity contribution in [1.29, 1.82) is 0 Å². The predicted octanol–water partition coefficient (Wildman–Crippen LogP) is 4.99. The van der Waals surface area contributed by atoms with Crippen LogP contribution < -0.4 is 0 Å². The van der Waals surface area contributed by atoms with Crippen LogP contribution in [0.2, 0.25) is 39.3 Å². The first-order valence-electron chi connectivity index (χ1n) is 10.0. The fraction of sp³-hybridized carbons (Fsp3) is 0.500. The molecule has 0 bridgehead atoms. The molecule has 2 unspecified atom stereocenters. The zero-order valence-electron chi connectivity index (χ0n) is 18.5. The maximum atomic E-state index is 12.2. The number of benzene rings is 1. The van der Waals surface area contributed by atoms with Crippen molar-refractivity contribution in [3.05, 3.63) is 70.3 Å². The lowest BCUT2D eigenvalue weighted by Gasteiger charge is -2.36. The number of rotatable bonds is 11. The fourth-order valence-electron chi connectivity index (χ4n) is 2.87. The molecule has 5 nitrogen and oxygen atoms in total. The molecule has 0 spiro atoms. The van der Waals surface area contributed by atoms with Crippen LogP contribution in [0.5, 0.6) is 0 Å². The molecular formula is C22H35NO4Si2. The van der Waals surface area contributed by atoms with E-state index in [1.165, 1.54) is 0 Å². The average Bonchev–Trinajstić information content (AvgIpc) is 2.59. The molecule has 160 valence electrons. The molecule has 29 heavy (non-hydrogen) atoms. The molecule has 0 radical (unpaired) electrons. The van der Waals surface area contributed by atoms with E-state index < -0.39 is 21.4 Å². The Morgan fingerprint density at radius 3 is 2.21 bits per heavy atom. The van der Waals surface area contributed by atoms with Crippen LogP contribution in [0.1, 0.15) is 24.3 Å². The molecule has 1 aromatic rings. The first-order chi connectivity index (χ1) is 13.3. The van der Waals surface area contributed by atoms with Crippen LogP contribution in [0.3, 0.4) is 0 Å². The Balaban J connectivity index is 2.98. The smallest absolute Gasteiger partial charge is 0.210 e. The van der Waals surface area contributed by atoms with Gasteiger partial charge in [-0.3, -0.25) is 10.1 Å². The Morgan fingerprint density at radius 1 is 1.14 bits per heavy atom. The Morgan fingerprint density at radius 2 is 1.72 bits per heavy atom. The molecule has 0 heterocycles. The van der Waals surface area contributed by atoms with Crippen molar-refractivity contribution in [2.75, 3.05) is 6.54 Å². The van der Waals surface area contributed by atoms with Crippen molar-refractivity contribution in [1.82, 2.24) is 0 Å². The summed E-state index contributed by atoms with van der Waals surface area (Å²) in [6.45, 7) is 12.1. The summed E-state index contributed by atoms with van der Waals surface area (Å²) in [5.74, 6) is -0.239. The zero-order chi connectivity index (χ0) is 22.3. The van der Waals surface area contributed by atoms with Crippen molar-refractivity contribution in [2.24, 2.45) is 0 Å². The van der Waals surface area contributed by atoms with Crippen LogP contribution in [0.25, 0.3) is 0 Å². The van der Waals surface area contributed by atoms with E-state index in [-0.39, 0.29) is 22.8 Å². The SMILES string of the molecule is C[Si](C)(C)C(=O)/C=C/CC(O)(/C=C/CC(C[N+](=O)[O-])c1ccccc1)[Si](C)(C)C. The summed E-state index contributed by atoms with van der Waals surface area (Å²) >= 11 is 0. The summed E-state index contributed by atoms with van der Waals surface area (Å²) in [5.41, 5.74) is 0.922. The lowest BCUT2D eigenvalue weighted by Crippen LogP contribution is -2.50. The van der Waals surface area contributed by atoms with Crippen LogP contribution >= 0.6 is 0 Å². The highest BCUT2D eigenvalue weighted by molar-refractivity contribution is 7.04. The topological polar surface area (TPSA) is 80.4 Å². The number of hydrogen-bond donors (Lipinski definition) is 1. The molecule has 1 rings (SSSR count). The number of nitrogens with zero attached hydrogens (tertiary/aromatic N) is 1. The van der Waals surface area contributed by atoms with Gasteiger partial charge in [0.1, 0.15) is 13.5 Å². The van der Waals surface area contributed by atoms with Gasteiger partial charge >= 0.3 is 0 Å². The van der Waals surface area contributed by atoms with E-state index in [0.29, 0.717) is 12.8 Å². The van der Waals surface area contributed by atoms with Gasteiger partial charge < -0.3 is 9.90 Å². The Labute approximate surface area is 176 Å². The van der Waals surface area contributed by atoms with Crippen molar-refractivity contribution in [3.63, 3.8) is 0 Å². The molecule has 0 saturated carbocycles. The Kier molecular flexibility index (Phi) is 8.92. The average molecular weight is 434 g/mol. The first kappa shape index (κ1) is 25.2. The summed E-state index contributed by atoms with van der Waals surface area (Å²) in [6, 6.07) is 9.45. The third-order valence-corrected chi connectivity index (χ3v) is 9.80. The van der Waals surface area contributed by atoms with Crippen LogP contribution in [0.4, 0.5) is 0 Å². The molecule has 7 heteroatoms. The fourth-order valence-corrected chi connectivity index (χ4v) is 4.83. The van der Waals surface area contributed by atoms with E-state index in [9.17, 15) is 20.0 Å². The molecule has 0 aromatic heterocycles. The minimum atomic E-state index is -2.03. The van der Waals surface area contributed by atoms with Gasteiger partial charge in [0, 0.05) is 4.92 Å². The Bertz CT molecular complexity index is 748. The van der Waals surface area contributed by atoms with Gasteiger partial charge in [0.05, 0.1) is 19.2 Å². The number of carbonyl (C=O) groups excluding carboxylic acids is 1. The van der Waals surface area contributed by atoms with Crippen molar-refractivity contribution >= 4 is 21.6 Å². The highest BCUT2D eigenvalue weighted by atomic mass is 28.3. The Hall–Kier alpha value is -1.84. The van der Waals surface area contributed by atoms with Gasteiger partial charge in [-0.1, -0.05) is 87.8 Å². The van der Waals surface area contributed by atoms with Gasteiger partial charge in [-0.15, -0.1) is 0 Å². The van der Waals surface area contributed by atoms with Crippen molar-refractivity contribution in [2.45, 2.75) is 63.3 Å². The molecule has 0 saturated heterocycles. The van der Waals surface area contributed by atoms with Gasteiger partial charge in [0.25, 0.3) is 0 Å². The first-order valence-corrected chi connectivity index (χ1v) is 17.0. The normalized spacial score (nSPS) is 16.1. The van der Waals surface area contributed by atoms with E-state index >= 15 is 0 Å². The van der Waals surface area contributed by atoms with Gasteiger partial charge in [-0.2, -0.15) is 0 Å². The number of nitro groups is 1. The summed E-state index contributed by atoms with van der Waals surface area (Å²) in [5, 5.41) is 21.6. The molecule has 0 aliphatic rings. The summed E-state index contributed by atoms with van der Waals surface area (Å²) in [4.78, 5) is 23.0. The van der Waals surface area contributed by atoms with Crippen LogP contribution in [-0.2, 0) is 4.79 Å². The van der Waals surface area contributed by atoms with Crippen LogP contribution in [0, 0.1) is 10.1 Å². The minimum absolute atomic E-state index is 0.148. The maximum absolute atomic E-state index is 12.2. The van der Waals surface area contributed by atoms with Gasteiger partial charge in [0.15, 0.2) is 0 Å². The molecular weight excluding hydrogens is 398 g/mol. The quantitative estimate of drug-likeness (QED) is 0.175. The maximum Gasteiger partial charge on any atom is 0.210 e. The minimum Gasteiger partial charge on any atom is -0.389 e. The molecule has 1 aromatic carbocycles. The lowest BCUT2D eigenvalue weighted by atomic mass is 9.95. The number of aliphatic hydroxyl groups is 1. The van der Waals surface area contributed by atoms with Gasteiger partial charge in [-0.05, 0) is 24.5 Å². The predicted molar refractivity (Wildman–Crippen MR) is 125 cm³/mol. The molecule has 0 aliphatic heterocycles. The monoisotopic (exact) mass is 433 g/mol. The van der Waals surface area contributed by atoms with E-state index in [1.54, 1.807) is 18.2 Å². The summed E-state index contributed by atoms with van der Waals surface area (Å²) in [6.07, 6.45) is 7.93. The molecule has 0 amide bonds. The lowest BCUT2D eigenvalue weighted by molar-refractivity contribution is -0.483. The van der Waals surface area contributed by atoms with Crippen molar-refractivity contribution in [3.8, 4) is 0 Å². The highest BCUT2D eigenvalue weighted by Crippen LogP contribution is 2.28. The third kappa shape index (κ3) is 8.20. The van der Waals surface area contributed by atoms with E-state index in [0.717, 1.165) is 5.56 Å². The van der Waals surface area contributed by atoms with Crippen LogP contribution in [0.15, 0.2) is 54.6 Å². The second-order valence-electron chi connectivity index (χ2n) is 9.66. The van der Waals surface area contributed by atoms with Crippen molar-refractivity contribution < 1.29 is 14.8 Å². The third-order valence-electron chi connectivity index (χ3n) is 5.19. The van der Waals surface area contributed by atoms with Gasteiger partial charge in [-0.25, -0.2) is 0 Å². The molecule has 0 aliphatic carbocycles. The molecule has 1 N–H and O–H groups in total. The van der Waals surface area contributed by atoms with Crippen LogP contribution in [-0.4, -0.2) is 43.4 Å². The second-order valence-corrected chi connectivity index (χ2v) is 20.0. The zero-order valence-corrected chi connectivity index (χ0v) is 20.5. The van der Waals surface area contributed by atoms with Gasteiger partial charge in [0.2, 0.25) is 6.54 Å². The summed E-state index contributed by atoms with van der Waals surface area (Å²) in [7, 11) is -3.90. The largest absolute Gasteiger partial charge is 0.389 e. The molecule has 0 fully saturated rings. The van der Waals surface area contributed by atoms with E-state index in [2.05, 4.69) is 19.6 Å².